The van der Waals surface area contributed by atoms with Gasteiger partial charge in [-0.25, -0.2) is 0 Å². The number of carbonyl (C=O) groups excluding carboxylic acids is 2. The number of nitrogens with zero attached hydrogens (tertiary/aromatic N) is 3. The third-order valence-corrected chi connectivity index (χ3v) is 4.37. The van der Waals surface area contributed by atoms with Crippen molar-refractivity contribution >= 4 is 23.4 Å². The second-order valence-corrected chi connectivity index (χ2v) is 6.03. The molecular formula is C15H23ClN4O2. The van der Waals surface area contributed by atoms with Gasteiger partial charge in [-0.1, -0.05) is 18.0 Å². The smallest absolute Gasteiger partial charge is 0.256 e. The summed E-state index contributed by atoms with van der Waals surface area (Å²) in [5.41, 5.74) is 1.04. The van der Waals surface area contributed by atoms with Crippen molar-refractivity contribution in [2.24, 2.45) is 7.05 Å². The van der Waals surface area contributed by atoms with Crippen LogP contribution in [0, 0.1) is 6.92 Å². The summed E-state index contributed by atoms with van der Waals surface area (Å²) in [7, 11) is 1.71. The fraction of sp³-hybridized carbons (Fsp3) is 0.667. The van der Waals surface area contributed by atoms with E-state index in [1.165, 1.54) is 4.68 Å². The third kappa shape index (κ3) is 4.00. The minimum absolute atomic E-state index is 0.210. The number of hydrogen-bond acceptors (Lipinski definition) is 3. The van der Waals surface area contributed by atoms with Gasteiger partial charge in [-0.05, 0) is 26.2 Å². The Morgan fingerprint density at radius 1 is 1.36 bits per heavy atom. The van der Waals surface area contributed by atoms with Gasteiger partial charge in [0.1, 0.15) is 5.15 Å². The van der Waals surface area contributed by atoms with E-state index in [2.05, 4.69) is 10.4 Å². The topological polar surface area (TPSA) is 67.2 Å². The first kappa shape index (κ1) is 16.8. The highest BCUT2D eigenvalue weighted by molar-refractivity contribution is 6.33. The van der Waals surface area contributed by atoms with Crippen molar-refractivity contribution in [3.8, 4) is 0 Å². The molecule has 0 saturated carbocycles. The molecule has 0 spiro atoms. The van der Waals surface area contributed by atoms with Crippen LogP contribution in [-0.4, -0.2) is 46.1 Å². The van der Waals surface area contributed by atoms with Crippen molar-refractivity contribution in [3.05, 3.63) is 16.4 Å². The monoisotopic (exact) mass is 326 g/mol. The highest BCUT2D eigenvalue weighted by atomic mass is 35.5. The normalized spacial score (nSPS) is 15.8. The van der Waals surface area contributed by atoms with E-state index >= 15 is 0 Å². The van der Waals surface area contributed by atoms with Crippen LogP contribution in [0.5, 0.6) is 0 Å². The molecule has 2 rings (SSSR count). The van der Waals surface area contributed by atoms with E-state index in [1.807, 2.05) is 4.90 Å². The molecule has 0 unspecified atom stereocenters. The Balaban J connectivity index is 1.78. The predicted molar refractivity (Wildman–Crippen MR) is 85.0 cm³/mol. The van der Waals surface area contributed by atoms with Gasteiger partial charge in [0, 0.05) is 33.1 Å². The van der Waals surface area contributed by atoms with Gasteiger partial charge in [0.2, 0.25) is 5.91 Å². The molecular weight excluding hydrogens is 304 g/mol. The van der Waals surface area contributed by atoms with Crippen LogP contribution in [0.1, 0.15) is 48.2 Å². The fourth-order valence-electron chi connectivity index (χ4n) is 2.72. The highest BCUT2D eigenvalue weighted by Gasteiger charge is 2.19. The van der Waals surface area contributed by atoms with Crippen LogP contribution in [-0.2, 0) is 11.8 Å². The molecule has 1 N–H and O–H groups in total. The Morgan fingerprint density at radius 2 is 2.14 bits per heavy atom. The Kier molecular flexibility index (Phi) is 5.83. The fourth-order valence-corrected chi connectivity index (χ4v) is 2.98. The van der Waals surface area contributed by atoms with Crippen molar-refractivity contribution < 1.29 is 9.59 Å². The molecule has 1 saturated heterocycles. The van der Waals surface area contributed by atoms with Gasteiger partial charge in [-0.3, -0.25) is 14.3 Å². The maximum atomic E-state index is 12.1. The summed E-state index contributed by atoms with van der Waals surface area (Å²) in [6, 6.07) is 0. The zero-order valence-corrected chi connectivity index (χ0v) is 13.9. The molecule has 2 amide bonds. The molecule has 0 radical (unpaired) electrons. The summed E-state index contributed by atoms with van der Waals surface area (Å²) < 4.78 is 1.49. The second-order valence-electron chi connectivity index (χ2n) is 5.68. The first-order chi connectivity index (χ1) is 10.5. The Labute approximate surface area is 135 Å². The predicted octanol–water partition coefficient (Wildman–Crippen LogP) is 1.90. The largest absolute Gasteiger partial charge is 0.352 e. The first-order valence-corrected chi connectivity index (χ1v) is 8.13. The second kappa shape index (κ2) is 7.63. The Hall–Kier alpha value is -1.56. The number of amides is 2. The number of hydrogen-bond donors (Lipinski definition) is 1. The molecule has 6 nitrogen and oxygen atoms in total. The molecule has 0 aromatic carbocycles. The van der Waals surface area contributed by atoms with E-state index in [9.17, 15) is 9.59 Å². The van der Waals surface area contributed by atoms with Crippen LogP contribution >= 0.6 is 11.6 Å². The number of aromatic nitrogens is 2. The minimum Gasteiger partial charge on any atom is -0.352 e. The maximum absolute atomic E-state index is 12.1. The maximum Gasteiger partial charge on any atom is 0.256 e. The number of aryl methyl sites for hydroxylation is 2. The molecule has 7 heteroatoms. The van der Waals surface area contributed by atoms with E-state index in [0.29, 0.717) is 35.9 Å². The van der Waals surface area contributed by atoms with Gasteiger partial charge in [0.15, 0.2) is 0 Å². The zero-order chi connectivity index (χ0) is 16.1. The van der Waals surface area contributed by atoms with E-state index in [4.69, 9.17) is 11.6 Å². The average molecular weight is 327 g/mol. The number of likely N-dealkylation sites (tertiary alicyclic amines) is 1. The molecule has 1 aliphatic heterocycles. The number of rotatable bonds is 5. The van der Waals surface area contributed by atoms with Gasteiger partial charge in [-0.15, -0.1) is 0 Å². The molecule has 1 aliphatic rings. The van der Waals surface area contributed by atoms with Crippen LogP contribution in [0.25, 0.3) is 0 Å². The summed E-state index contributed by atoms with van der Waals surface area (Å²) in [5.74, 6) is 0.0211. The lowest BCUT2D eigenvalue weighted by Gasteiger charge is -2.20. The number of halogens is 1. The number of carbonyl (C=O) groups is 2. The van der Waals surface area contributed by atoms with Gasteiger partial charge in [0.05, 0.1) is 11.3 Å². The lowest BCUT2D eigenvalue weighted by atomic mass is 10.2. The molecule has 122 valence electrons. The summed E-state index contributed by atoms with van der Waals surface area (Å²) in [5, 5.41) is 7.32. The van der Waals surface area contributed by atoms with Gasteiger partial charge >= 0.3 is 0 Å². The molecule has 22 heavy (non-hydrogen) atoms. The lowest BCUT2D eigenvalue weighted by molar-refractivity contribution is -0.130. The van der Waals surface area contributed by atoms with Crippen molar-refractivity contribution in [1.82, 2.24) is 20.0 Å². The van der Waals surface area contributed by atoms with Crippen LogP contribution < -0.4 is 5.32 Å². The number of nitrogens with one attached hydrogen (secondary N) is 1. The molecule has 1 fully saturated rings. The highest BCUT2D eigenvalue weighted by Crippen LogP contribution is 2.18. The summed E-state index contributed by atoms with van der Waals surface area (Å²) in [6.07, 6.45) is 4.58. The van der Waals surface area contributed by atoms with Crippen molar-refractivity contribution in [1.29, 1.82) is 0 Å². The summed E-state index contributed by atoms with van der Waals surface area (Å²) >= 11 is 6.07. The SMILES string of the molecule is Cc1nn(C)c(Cl)c1C(=O)NCCCN1CCCCCC1=O. The van der Waals surface area contributed by atoms with Gasteiger partial charge in [0.25, 0.3) is 5.91 Å². The van der Waals surface area contributed by atoms with Gasteiger partial charge < -0.3 is 10.2 Å². The Morgan fingerprint density at radius 3 is 2.82 bits per heavy atom. The standard InChI is InChI=1S/C15H23ClN4O2/c1-11-13(14(16)19(2)18-11)15(22)17-8-6-10-20-9-5-3-4-7-12(20)21/h3-10H2,1-2H3,(H,17,22). The van der Waals surface area contributed by atoms with Crippen molar-refractivity contribution in [2.45, 2.75) is 39.0 Å². The molecule has 0 atom stereocenters. The molecule has 1 aromatic rings. The zero-order valence-electron chi connectivity index (χ0n) is 13.2. The summed E-state index contributed by atoms with van der Waals surface area (Å²) in [4.78, 5) is 25.9. The molecule has 0 aliphatic carbocycles. The van der Waals surface area contributed by atoms with Crippen LogP contribution in [0.2, 0.25) is 5.15 Å². The van der Waals surface area contributed by atoms with Crippen LogP contribution in [0.15, 0.2) is 0 Å². The minimum atomic E-state index is -0.210. The molecule has 2 heterocycles. The van der Waals surface area contributed by atoms with Crippen molar-refractivity contribution in [2.75, 3.05) is 19.6 Å². The first-order valence-electron chi connectivity index (χ1n) is 7.75. The quantitative estimate of drug-likeness (QED) is 0.840. The van der Waals surface area contributed by atoms with Crippen molar-refractivity contribution in [3.63, 3.8) is 0 Å². The van der Waals surface area contributed by atoms with Crippen LogP contribution in [0.4, 0.5) is 0 Å². The van der Waals surface area contributed by atoms with E-state index in [0.717, 1.165) is 32.2 Å². The lowest BCUT2D eigenvalue weighted by Crippen LogP contribution is -2.34. The van der Waals surface area contributed by atoms with E-state index in [-0.39, 0.29) is 11.8 Å². The van der Waals surface area contributed by atoms with Gasteiger partial charge in [-0.2, -0.15) is 5.10 Å². The van der Waals surface area contributed by atoms with E-state index < -0.39 is 0 Å². The molecule has 1 aromatic heterocycles. The third-order valence-electron chi connectivity index (χ3n) is 3.94. The summed E-state index contributed by atoms with van der Waals surface area (Å²) in [6.45, 7) is 3.81. The van der Waals surface area contributed by atoms with Crippen LogP contribution in [0.3, 0.4) is 0 Å². The average Bonchev–Trinajstić information content (AvgIpc) is 2.63. The Bertz CT molecular complexity index is 556. The van der Waals surface area contributed by atoms with E-state index in [1.54, 1.807) is 14.0 Å². The molecule has 0 bridgehead atoms.